The Kier molecular flexibility index (Phi) is 4.64. The van der Waals surface area contributed by atoms with Crippen LogP contribution in [0.5, 0.6) is 0 Å². The number of nitrogens with two attached hydrogens (primary N) is 1. The van der Waals surface area contributed by atoms with Crippen LogP contribution in [0.2, 0.25) is 0 Å². The molecule has 0 saturated carbocycles. The van der Waals surface area contributed by atoms with Crippen LogP contribution < -0.4 is 11.1 Å². The van der Waals surface area contributed by atoms with Crippen LogP contribution >= 0.6 is 0 Å². The van der Waals surface area contributed by atoms with Crippen molar-refractivity contribution in [1.29, 1.82) is 0 Å². The molecule has 0 bridgehead atoms. The minimum atomic E-state index is -0.851. The Hall–Kier alpha value is -1.46. The summed E-state index contributed by atoms with van der Waals surface area (Å²) in [6.45, 7) is 5.37. The van der Waals surface area contributed by atoms with E-state index >= 15 is 0 Å². The van der Waals surface area contributed by atoms with Gasteiger partial charge in [0.25, 0.3) is 0 Å². The quantitative estimate of drug-likeness (QED) is 0.889. The molecule has 0 radical (unpaired) electrons. The number of hydrogen-bond donors (Lipinski definition) is 2. The first-order chi connectivity index (χ1) is 9.83. The standard InChI is InChI=1S/C16H23FN2O2/c1-15(2,12-4-3-5-13(17)10-12)11-19-14(20)16(18)6-8-21-9-7-16/h3-5,10H,6-9,11,18H2,1-2H3,(H,19,20). The van der Waals surface area contributed by atoms with Crippen molar-refractivity contribution in [1.82, 2.24) is 5.32 Å². The van der Waals surface area contributed by atoms with Gasteiger partial charge >= 0.3 is 0 Å². The van der Waals surface area contributed by atoms with Crippen LogP contribution in [0.15, 0.2) is 24.3 Å². The van der Waals surface area contributed by atoms with Crippen LogP contribution in [0.25, 0.3) is 0 Å². The fraction of sp³-hybridized carbons (Fsp3) is 0.562. The summed E-state index contributed by atoms with van der Waals surface area (Å²) in [7, 11) is 0. The van der Waals surface area contributed by atoms with Gasteiger partial charge in [0.15, 0.2) is 0 Å². The second-order valence-corrected chi connectivity index (χ2v) is 6.35. The van der Waals surface area contributed by atoms with Gasteiger partial charge < -0.3 is 15.8 Å². The maximum absolute atomic E-state index is 13.3. The molecule has 1 amide bonds. The van der Waals surface area contributed by atoms with E-state index in [1.807, 2.05) is 19.9 Å². The zero-order chi connectivity index (χ0) is 15.5. The molecule has 0 unspecified atom stereocenters. The first-order valence-corrected chi connectivity index (χ1v) is 7.24. The number of rotatable bonds is 4. The highest BCUT2D eigenvalue weighted by molar-refractivity contribution is 5.86. The Balaban J connectivity index is 1.99. The topological polar surface area (TPSA) is 64.4 Å². The summed E-state index contributed by atoms with van der Waals surface area (Å²) >= 11 is 0. The molecule has 116 valence electrons. The summed E-state index contributed by atoms with van der Waals surface area (Å²) < 4.78 is 18.6. The molecule has 1 fully saturated rings. The van der Waals surface area contributed by atoms with Crippen molar-refractivity contribution in [2.75, 3.05) is 19.8 Å². The molecule has 1 aromatic rings. The summed E-state index contributed by atoms with van der Waals surface area (Å²) in [5, 5.41) is 2.91. The normalized spacial score (nSPS) is 18.3. The monoisotopic (exact) mass is 294 g/mol. The van der Waals surface area contributed by atoms with Gasteiger partial charge in [-0.15, -0.1) is 0 Å². The first kappa shape index (κ1) is 15.9. The molecule has 0 aromatic heterocycles. The molecular formula is C16H23FN2O2. The van der Waals surface area contributed by atoms with Gasteiger partial charge in [0.2, 0.25) is 5.91 Å². The van der Waals surface area contributed by atoms with E-state index in [1.54, 1.807) is 6.07 Å². The van der Waals surface area contributed by atoms with Crippen molar-refractivity contribution in [3.63, 3.8) is 0 Å². The molecule has 3 N–H and O–H groups in total. The van der Waals surface area contributed by atoms with E-state index in [0.717, 1.165) is 5.56 Å². The second kappa shape index (κ2) is 6.12. The number of carbonyl (C=O) groups excluding carboxylic acids is 1. The Bertz CT molecular complexity index is 511. The predicted octanol–water partition coefficient (Wildman–Crippen LogP) is 1.73. The largest absolute Gasteiger partial charge is 0.381 e. The van der Waals surface area contributed by atoms with Gasteiger partial charge in [-0.1, -0.05) is 26.0 Å². The summed E-state index contributed by atoms with van der Waals surface area (Å²) in [6, 6.07) is 6.45. The number of carbonyl (C=O) groups is 1. The molecule has 1 saturated heterocycles. The van der Waals surface area contributed by atoms with Crippen LogP contribution in [0.1, 0.15) is 32.3 Å². The van der Waals surface area contributed by atoms with Crippen LogP contribution in [0.3, 0.4) is 0 Å². The molecular weight excluding hydrogens is 271 g/mol. The molecule has 2 rings (SSSR count). The lowest BCUT2D eigenvalue weighted by atomic mass is 9.83. The summed E-state index contributed by atoms with van der Waals surface area (Å²) in [5.41, 5.74) is 5.78. The van der Waals surface area contributed by atoms with Crippen molar-refractivity contribution >= 4 is 5.91 Å². The highest BCUT2D eigenvalue weighted by atomic mass is 19.1. The predicted molar refractivity (Wildman–Crippen MR) is 79.4 cm³/mol. The van der Waals surface area contributed by atoms with Crippen LogP contribution in [-0.2, 0) is 14.9 Å². The Morgan fingerprint density at radius 3 is 2.71 bits per heavy atom. The lowest BCUT2D eigenvalue weighted by molar-refractivity contribution is -0.130. The third-order valence-corrected chi connectivity index (χ3v) is 4.13. The SMILES string of the molecule is CC(C)(CNC(=O)C1(N)CCOCC1)c1cccc(F)c1. The second-order valence-electron chi connectivity index (χ2n) is 6.35. The molecule has 21 heavy (non-hydrogen) atoms. The maximum atomic E-state index is 13.3. The van der Waals surface area contributed by atoms with Crippen molar-refractivity contribution < 1.29 is 13.9 Å². The van der Waals surface area contributed by atoms with Gasteiger partial charge in [-0.2, -0.15) is 0 Å². The van der Waals surface area contributed by atoms with Crippen molar-refractivity contribution in [2.45, 2.75) is 37.6 Å². The average molecular weight is 294 g/mol. The van der Waals surface area contributed by atoms with E-state index < -0.39 is 5.54 Å². The van der Waals surface area contributed by atoms with Crippen LogP contribution in [0.4, 0.5) is 4.39 Å². The van der Waals surface area contributed by atoms with Gasteiger partial charge in [0.1, 0.15) is 5.82 Å². The number of amides is 1. The third kappa shape index (κ3) is 3.80. The van der Waals surface area contributed by atoms with E-state index in [-0.39, 0.29) is 17.1 Å². The van der Waals surface area contributed by atoms with Gasteiger partial charge in [-0.25, -0.2) is 4.39 Å². The molecule has 1 aliphatic rings. The van der Waals surface area contributed by atoms with Gasteiger partial charge in [-0.05, 0) is 30.5 Å². The summed E-state index contributed by atoms with van der Waals surface area (Å²) in [4.78, 5) is 12.3. The Morgan fingerprint density at radius 2 is 2.10 bits per heavy atom. The van der Waals surface area contributed by atoms with Crippen molar-refractivity contribution in [2.24, 2.45) is 5.73 Å². The number of halogens is 1. The van der Waals surface area contributed by atoms with Crippen LogP contribution in [-0.4, -0.2) is 31.2 Å². The number of nitrogens with one attached hydrogen (secondary N) is 1. The molecule has 1 aliphatic heterocycles. The molecule has 1 aromatic carbocycles. The Morgan fingerprint density at radius 1 is 1.43 bits per heavy atom. The number of hydrogen-bond acceptors (Lipinski definition) is 3. The molecule has 1 heterocycles. The number of benzene rings is 1. The Labute approximate surface area is 124 Å². The fourth-order valence-corrected chi connectivity index (χ4v) is 2.45. The molecule has 0 spiro atoms. The molecule has 5 heteroatoms. The van der Waals surface area contributed by atoms with Crippen molar-refractivity contribution in [3.05, 3.63) is 35.6 Å². The average Bonchev–Trinajstić information content (AvgIpc) is 2.45. The van der Waals surface area contributed by atoms with E-state index in [4.69, 9.17) is 10.5 Å². The molecule has 0 aliphatic carbocycles. The fourth-order valence-electron chi connectivity index (χ4n) is 2.45. The highest BCUT2D eigenvalue weighted by Crippen LogP contribution is 2.24. The van der Waals surface area contributed by atoms with Crippen molar-refractivity contribution in [3.8, 4) is 0 Å². The zero-order valence-electron chi connectivity index (χ0n) is 12.6. The zero-order valence-corrected chi connectivity index (χ0v) is 12.6. The first-order valence-electron chi connectivity index (χ1n) is 7.24. The van der Waals surface area contributed by atoms with E-state index in [0.29, 0.717) is 32.6 Å². The summed E-state index contributed by atoms with van der Waals surface area (Å²) in [6.07, 6.45) is 1.05. The highest BCUT2D eigenvalue weighted by Gasteiger charge is 2.36. The molecule has 4 nitrogen and oxygen atoms in total. The lowest BCUT2D eigenvalue weighted by Crippen LogP contribution is -2.58. The molecule has 0 atom stereocenters. The number of ether oxygens (including phenoxy) is 1. The van der Waals surface area contributed by atoms with E-state index in [9.17, 15) is 9.18 Å². The third-order valence-electron chi connectivity index (χ3n) is 4.13. The van der Waals surface area contributed by atoms with E-state index in [1.165, 1.54) is 12.1 Å². The summed E-state index contributed by atoms with van der Waals surface area (Å²) in [5.74, 6) is -0.429. The van der Waals surface area contributed by atoms with Gasteiger partial charge in [0, 0.05) is 25.2 Å². The maximum Gasteiger partial charge on any atom is 0.240 e. The van der Waals surface area contributed by atoms with Gasteiger partial charge in [0.05, 0.1) is 5.54 Å². The van der Waals surface area contributed by atoms with Gasteiger partial charge in [-0.3, -0.25) is 4.79 Å². The minimum absolute atomic E-state index is 0.157. The minimum Gasteiger partial charge on any atom is -0.381 e. The lowest BCUT2D eigenvalue weighted by Gasteiger charge is -2.34. The van der Waals surface area contributed by atoms with E-state index in [2.05, 4.69) is 5.32 Å². The smallest absolute Gasteiger partial charge is 0.240 e. The van der Waals surface area contributed by atoms with Crippen LogP contribution in [0, 0.1) is 5.82 Å².